The molecular weight excluding hydrogens is 262 g/mol. The van der Waals surface area contributed by atoms with Crippen LogP contribution in [0.25, 0.3) is 0 Å². The van der Waals surface area contributed by atoms with E-state index in [1.54, 1.807) is 7.11 Å². The maximum absolute atomic E-state index is 12.1. The van der Waals surface area contributed by atoms with Crippen molar-refractivity contribution in [1.29, 1.82) is 0 Å². The fourth-order valence-electron chi connectivity index (χ4n) is 2.49. The number of benzene rings is 2. The largest absolute Gasteiger partial charge is 0.496 e. The van der Waals surface area contributed by atoms with Crippen molar-refractivity contribution in [3.8, 4) is 5.75 Å². The molecule has 0 atom stereocenters. The molecule has 0 aromatic heterocycles. The molecule has 1 N–H and O–H groups in total. The molecule has 0 spiro atoms. The van der Waals surface area contributed by atoms with Crippen LogP contribution in [0, 0.1) is 20.8 Å². The smallest absolute Gasteiger partial charge is 0.228 e. The summed E-state index contributed by atoms with van der Waals surface area (Å²) in [4.78, 5) is 12.1. The van der Waals surface area contributed by atoms with Crippen LogP contribution in [0.3, 0.4) is 0 Å². The van der Waals surface area contributed by atoms with Gasteiger partial charge in [0, 0.05) is 5.69 Å². The van der Waals surface area contributed by atoms with E-state index in [1.165, 1.54) is 0 Å². The Hall–Kier alpha value is -2.29. The lowest BCUT2D eigenvalue weighted by Crippen LogP contribution is -2.14. The van der Waals surface area contributed by atoms with E-state index >= 15 is 0 Å². The molecule has 2 aromatic rings. The van der Waals surface area contributed by atoms with Gasteiger partial charge in [-0.2, -0.15) is 0 Å². The molecule has 0 radical (unpaired) electrons. The molecule has 3 nitrogen and oxygen atoms in total. The summed E-state index contributed by atoms with van der Waals surface area (Å²) in [5, 5.41) is 2.95. The summed E-state index contributed by atoms with van der Waals surface area (Å²) in [7, 11) is 1.65. The van der Waals surface area contributed by atoms with Gasteiger partial charge in [0.15, 0.2) is 0 Å². The zero-order valence-corrected chi connectivity index (χ0v) is 13.0. The number of anilines is 1. The first-order valence-corrected chi connectivity index (χ1v) is 6.99. The molecule has 0 aliphatic heterocycles. The standard InChI is InChI=1S/C18H21NO2/c1-12-7-13(2)9-16(8-12)19-18(20)11-15-5-6-17(21-4)14(3)10-15/h5-10H,11H2,1-4H3,(H,19,20). The van der Waals surface area contributed by atoms with Gasteiger partial charge in [-0.15, -0.1) is 0 Å². The fraction of sp³-hybridized carbons (Fsp3) is 0.278. The van der Waals surface area contributed by atoms with Crippen LogP contribution >= 0.6 is 0 Å². The first-order chi connectivity index (χ1) is 9.97. The number of ether oxygens (including phenoxy) is 1. The van der Waals surface area contributed by atoms with E-state index in [1.807, 2.05) is 51.1 Å². The normalized spacial score (nSPS) is 10.3. The predicted octanol–water partition coefficient (Wildman–Crippen LogP) is 3.80. The number of hydrogen-bond acceptors (Lipinski definition) is 2. The highest BCUT2D eigenvalue weighted by Gasteiger charge is 2.07. The summed E-state index contributed by atoms with van der Waals surface area (Å²) in [6.07, 6.45) is 0.359. The highest BCUT2D eigenvalue weighted by molar-refractivity contribution is 5.92. The van der Waals surface area contributed by atoms with Crippen LogP contribution < -0.4 is 10.1 Å². The Labute approximate surface area is 126 Å². The zero-order chi connectivity index (χ0) is 15.4. The molecule has 0 unspecified atom stereocenters. The van der Waals surface area contributed by atoms with Crippen LogP contribution in [-0.2, 0) is 11.2 Å². The molecule has 21 heavy (non-hydrogen) atoms. The minimum atomic E-state index is -0.00966. The summed E-state index contributed by atoms with van der Waals surface area (Å²) in [6.45, 7) is 6.02. The van der Waals surface area contributed by atoms with Gasteiger partial charge in [0.2, 0.25) is 5.91 Å². The minimum Gasteiger partial charge on any atom is -0.496 e. The van der Waals surface area contributed by atoms with Crippen LogP contribution in [0.5, 0.6) is 5.75 Å². The Balaban J connectivity index is 2.06. The third-order valence-electron chi connectivity index (χ3n) is 3.33. The van der Waals surface area contributed by atoms with Crippen LogP contribution in [-0.4, -0.2) is 13.0 Å². The number of methoxy groups -OCH3 is 1. The van der Waals surface area contributed by atoms with E-state index in [0.717, 1.165) is 33.7 Å². The van der Waals surface area contributed by atoms with Crippen LogP contribution in [0.1, 0.15) is 22.3 Å². The quantitative estimate of drug-likeness (QED) is 0.926. The van der Waals surface area contributed by atoms with Gasteiger partial charge in [-0.3, -0.25) is 4.79 Å². The van der Waals surface area contributed by atoms with Crippen molar-refractivity contribution in [3.63, 3.8) is 0 Å². The highest BCUT2D eigenvalue weighted by Crippen LogP contribution is 2.19. The number of nitrogens with one attached hydrogen (secondary N) is 1. The van der Waals surface area contributed by atoms with Gasteiger partial charge >= 0.3 is 0 Å². The van der Waals surface area contributed by atoms with E-state index in [-0.39, 0.29) is 5.91 Å². The zero-order valence-electron chi connectivity index (χ0n) is 13.0. The Morgan fingerprint density at radius 3 is 2.29 bits per heavy atom. The van der Waals surface area contributed by atoms with Crippen molar-refractivity contribution in [2.75, 3.05) is 12.4 Å². The molecule has 1 amide bonds. The summed E-state index contributed by atoms with van der Waals surface area (Å²) in [5.74, 6) is 0.832. The third-order valence-corrected chi connectivity index (χ3v) is 3.33. The highest BCUT2D eigenvalue weighted by atomic mass is 16.5. The van der Waals surface area contributed by atoms with E-state index < -0.39 is 0 Å². The van der Waals surface area contributed by atoms with Crippen LogP contribution in [0.4, 0.5) is 5.69 Å². The fourth-order valence-corrected chi connectivity index (χ4v) is 2.49. The van der Waals surface area contributed by atoms with Gasteiger partial charge in [-0.05, 0) is 61.2 Å². The lowest BCUT2D eigenvalue weighted by Gasteiger charge is -2.09. The second-order valence-corrected chi connectivity index (χ2v) is 5.41. The first kappa shape index (κ1) is 15.1. The van der Waals surface area contributed by atoms with Gasteiger partial charge in [-0.25, -0.2) is 0 Å². The second-order valence-electron chi connectivity index (χ2n) is 5.41. The van der Waals surface area contributed by atoms with Crippen molar-refractivity contribution in [1.82, 2.24) is 0 Å². The number of hydrogen-bond donors (Lipinski definition) is 1. The molecule has 3 heteroatoms. The molecular formula is C18H21NO2. The third kappa shape index (κ3) is 4.09. The molecule has 2 rings (SSSR count). The Morgan fingerprint density at radius 1 is 1.05 bits per heavy atom. The Kier molecular flexibility index (Phi) is 4.63. The topological polar surface area (TPSA) is 38.3 Å². The molecule has 2 aromatic carbocycles. The lowest BCUT2D eigenvalue weighted by atomic mass is 10.1. The first-order valence-electron chi connectivity index (χ1n) is 6.99. The van der Waals surface area contributed by atoms with Gasteiger partial charge in [-0.1, -0.05) is 18.2 Å². The predicted molar refractivity (Wildman–Crippen MR) is 86.0 cm³/mol. The molecule has 0 saturated heterocycles. The minimum absolute atomic E-state index is 0.00966. The monoisotopic (exact) mass is 283 g/mol. The van der Waals surface area contributed by atoms with E-state index in [9.17, 15) is 4.79 Å². The van der Waals surface area contributed by atoms with Crippen LogP contribution in [0.2, 0.25) is 0 Å². The van der Waals surface area contributed by atoms with Gasteiger partial charge < -0.3 is 10.1 Å². The number of carbonyl (C=O) groups excluding carboxylic acids is 1. The molecule has 0 heterocycles. The van der Waals surface area contributed by atoms with Crippen molar-refractivity contribution in [2.24, 2.45) is 0 Å². The number of rotatable bonds is 4. The second kappa shape index (κ2) is 6.44. The van der Waals surface area contributed by atoms with Crippen molar-refractivity contribution in [2.45, 2.75) is 27.2 Å². The number of aryl methyl sites for hydroxylation is 3. The van der Waals surface area contributed by atoms with Crippen molar-refractivity contribution >= 4 is 11.6 Å². The molecule has 110 valence electrons. The van der Waals surface area contributed by atoms with Gasteiger partial charge in [0.05, 0.1) is 13.5 Å². The van der Waals surface area contributed by atoms with Gasteiger partial charge in [0.25, 0.3) is 0 Å². The number of amides is 1. The van der Waals surface area contributed by atoms with E-state index in [0.29, 0.717) is 6.42 Å². The van der Waals surface area contributed by atoms with Gasteiger partial charge in [0.1, 0.15) is 5.75 Å². The van der Waals surface area contributed by atoms with Crippen LogP contribution in [0.15, 0.2) is 36.4 Å². The summed E-state index contributed by atoms with van der Waals surface area (Å²) in [5.41, 5.74) is 5.16. The van der Waals surface area contributed by atoms with Crippen molar-refractivity contribution in [3.05, 3.63) is 58.7 Å². The lowest BCUT2D eigenvalue weighted by molar-refractivity contribution is -0.115. The van der Waals surface area contributed by atoms with Crippen molar-refractivity contribution < 1.29 is 9.53 Å². The SMILES string of the molecule is COc1ccc(CC(=O)Nc2cc(C)cc(C)c2)cc1C. The average Bonchev–Trinajstić information content (AvgIpc) is 2.37. The maximum Gasteiger partial charge on any atom is 0.228 e. The molecule has 0 aliphatic carbocycles. The molecule has 0 fully saturated rings. The molecule has 0 bridgehead atoms. The summed E-state index contributed by atoms with van der Waals surface area (Å²) in [6, 6.07) is 11.8. The Morgan fingerprint density at radius 2 is 1.71 bits per heavy atom. The molecule has 0 saturated carbocycles. The summed E-state index contributed by atoms with van der Waals surface area (Å²) < 4.78 is 5.23. The average molecular weight is 283 g/mol. The molecule has 0 aliphatic rings. The maximum atomic E-state index is 12.1. The van der Waals surface area contributed by atoms with E-state index in [2.05, 4.69) is 11.4 Å². The Bertz CT molecular complexity index is 642. The number of carbonyl (C=O) groups is 1. The van der Waals surface area contributed by atoms with E-state index in [4.69, 9.17) is 4.74 Å². The summed E-state index contributed by atoms with van der Waals surface area (Å²) >= 11 is 0.